The van der Waals surface area contributed by atoms with E-state index in [1.807, 2.05) is 48.7 Å². The number of ether oxygens (including phenoxy) is 1. The van der Waals surface area contributed by atoms with Crippen LogP contribution in [-0.2, 0) is 0 Å². The first kappa shape index (κ1) is 27.6. The van der Waals surface area contributed by atoms with Crippen LogP contribution in [0.4, 0.5) is 5.69 Å². The van der Waals surface area contributed by atoms with Gasteiger partial charge in [-0.1, -0.05) is 43.2 Å². The Hall–Kier alpha value is -3.61. The van der Waals surface area contributed by atoms with Gasteiger partial charge in [-0.05, 0) is 79.1 Å². The standard InChI is InChI=1S/C34H37ClN4O2/c1-23(40)30-9-8-28(19-32(30)41-29-18-25-11-13-36-33(25)37-21-29)39-16-14-38(15-17-39)22-26-10-12-34(2,3)20-31(26)24-4-6-27(35)7-5-24/h4-9,11,13,18-19,21H,10,12,14-17,20,22H2,1-3H3,(H,36,37). The second-order valence-corrected chi connectivity index (χ2v) is 12.6. The van der Waals surface area contributed by atoms with Crippen LogP contribution in [0, 0.1) is 5.41 Å². The zero-order valence-electron chi connectivity index (χ0n) is 24.0. The Balaban J connectivity index is 1.17. The Morgan fingerprint density at radius 2 is 1.83 bits per heavy atom. The van der Waals surface area contributed by atoms with Crippen molar-refractivity contribution >= 4 is 39.7 Å². The minimum Gasteiger partial charge on any atom is -0.455 e. The van der Waals surface area contributed by atoms with Crippen molar-refractivity contribution in [2.24, 2.45) is 5.41 Å². The molecule has 0 spiro atoms. The molecule has 1 fully saturated rings. The lowest BCUT2D eigenvalue weighted by atomic mass is 9.72. The van der Waals surface area contributed by atoms with Crippen LogP contribution < -0.4 is 9.64 Å². The number of hydrogen-bond donors (Lipinski definition) is 1. The average molecular weight is 569 g/mol. The van der Waals surface area contributed by atoms with Gasteiger partial charge in [0.05, 0.1) is 11.8 Å². The highest BCUT2D eigenvalue weighted by atomic mass is 35.5. The predicted octanol–water partition coefficient (Wildman–Crippen LogP) is 8.00. The first-order valence-electron chi connectivity index (χ1n) is 14.4. The number of aromatic nitrogens is 2. The minimum absolute atomic E-state index is 0.0209. The van der Waals surface area contributed by atoms with Gasteiger partial charge in [0, 0.05) is 61.1 Å². The Bertz CT molecular complexity index is 1600. The molecule has 7 heteroatoms. The number of carbonyl (C=O) groups excluding carboxylic acids is 1. The number of aromatic amines is 1. The van der Waals surface area contributed by atoms with Crippen molar-refractivity contribution in [3.63, 3.8) is 0 Å². The number of H-pyrrole nitrogens is 1. The van der Waals surface area contributed by atoms with E-state index in [4.69, 9.17) is 16.3 Å². The number of rotatable bonds is 7. The molecule has 4 aromatic rings. The average Bonchev–Trinajstić information content (AvgIpc) is 3.43. The van der Waals surface area contributed by atoms with Gasteiger partial charge >= 0.3 is 0 Å². The number of nitrogens with zero attached hydrogens (tertiary/aromatic N) is 3. The maximum Gasteiger partial charge on any atom is 0.163 e. The lowest BCUT2D eigenvalue weighted by Gasteiger charge is -2.39. The van der Waals surface area contributed by atoms with Gasteiger partial charge in [-0.2, -0.15) is 0 Å². The van der Waals surface area contributed by atoms with Gasteiger partial charge in [-0.15, -0.1) is 0 Å². The predicted molar refractivity (Wildman–Crippen MR) is 167 cm³/mol. The topological polar surface area (TPSA) is 61.5 Å². The van der Waals surface area contributed by atoms with E-state index < -0.39 is 0 Å². The number of piperazine rings is 1. The molecule has 0 unspecified atom stereocenters. The van der Waals surface area contributed by atoms with E-state index in [9.17, 15) is 4.79 Å². The maximum absolute atomic E-state index is 12.4. The summed E-state index contributed by atoms with van der Waals surface area (Å²) in [7, 11) is 0. The fourth-order valence-corrected chi connectivity index (χ4v) is 6.21. The molecule has 0 bridgehead atoms. The third-order valence-electron chi connectivity index (χ3n) is 8.48. The molecule has 2 aromatic heterocycles. The molecule has 0 radical (unpaired) electrons. The second-order valence-electron chi connectivity index (χ2n) is 12.1. The van der Waals surface area contributed by atoms with E-state index in [2.05, 4.69) is 45.7 Å². The van der Waals surface area contributed by atoms with Crippen molar-refractivity contribution in [1.82, 2.24) is 14.9 Å². The number of allylic oxidation sites excluding steroid dienone is 1. The molecule has 1 aliphatic heterocycles. The van der Waals surface area contributed by atoms with E-state index >= 15 is 0 Å². The molecular weight excluding hydrogens is 532 g/mol. The number of halogens is 1. The van der Waals surface area contributed by atoms with Gasteiger partial charge in [-0.25, -0.2) is 4.98 Å². The largest absolute Gasteiger partial charge is 0.455 e. The van der Waals surface area contributed by atoms with Gasteiger partial charge in [-0.3, -0.25) is 9.69 Å². The Morgan fingerprint density at radius 1 is 1.05 bits per heavy atom. The molecule has 0 amide bonds. The third kappa shape index (κ3) is 6.19. The van der Waals surface area contributed by atoms with Crippen LogP contribution in [0.15, 0.2) is 72.6 Å². The van der Waals surface area contributed by atoms with Gasteiger partial charge in [0.15, 0.2) is 5.78 Å². The van der Waals surface area contributed by atoms with Crippen molar-refractivity contribution in [3.8, 4) is 11.5 Å². The summed E-state index contributed by atoms with van der Waals surface area (Å²) in [6.07, 6.45) is 7.00. The highest BCUT2D eigenvalue weighted by Gasteiger charge is 2.29. The van der Waals surface area contributed by atoms with Crippen molar-refractivity contribution in [2.75, 3.05) is 37.6 Å². The quantitative estimate of drug-likeness (QED) is 0.229. The highest BCUT2D eigenvalue weighted by Crippen LogP contribution is 2.43. The summed E-state index contributed by atoms with van der Waals surface area (Å²) < 4.78 is 6.23. The number of carbonyl (C=O) groups is 1. The van der Waals surface area contributed by atoms with Crippen LogP contribution in [0.5, 0.6) is 11.5 Å². The minimum atomic E-state index is -0.0209. The second kappa shape index (κ2) is 11.3. The fraction of sp³-hybridized carbons (Fsp3) is 0.353. The molecular formula is C34H37ClN4O2. The molecule has 212 valence electrons. The normalized spacial score (nSPS) is 17.7. The molecule has 0 atom stereocenters. The molecule has 3 heterocycles. The van der Waals surface area contributed by atoms with E-state index in [0.29, 0.717) is 22.5 Å². The number of pyridine rings is 1. The monoisotopic (exact) mass is 568 g/mol. The summed E-state index contributed by atoms with van der Waals surface area (Å²) in [5, 5.41) is 1.75. The van der Waals surface area contributed by atoms with Crippen molar-refractivity contribution in [2.45, 2.75) is 40.0 Å². The fourth-order valence-electron chi connectivity index (χ4n) is 6.08. The molecule has 6 nitrogen and oxygen atoms in total. The number of nitrogens with one attached hydrogen (secondary N) is 1. The number of anilines is 1. The molecule has 0 saturated carbocycles. The van der Waals surface area contributed by atoms with E-state index in [1.54, 1.807) is 18.7 Å². The van der Waals surface area contributed by atoms with Gasteiger partial charge in [0.25, 0.3) is 0 Å². The van der Waals surface area contributed by atoms with E-state index in [-0.39, 0.29) is 5.78 Å². The number of fused-ring (bicyclic) bond motifs is 1. The summed E-state index contributed by atoms with van der Waals surface area (Å²) in [6.45, 7) is 11.2. The zero-order valence-corrected chi connectivity index (χ0v) is 24.8. The molecule has 6 rings (SSSR count). The summed E-state index contributed by atoms with van der Waals surface area (Å²) >= 11 is 6.20. The molecule has 1 N–H and O–H groups in total. The third-order valence-corrected chi connectivity index (χ3v) is 8.73. The summed E-state index contributed by atoms with van der Waals surface area (Å²) in [4.78, 5) is 24.9. The van der Waals surface area contributed by atoms with Crippen molar-refractivity contribution < 1.29 is 9.53 Å². The summed E-state index contributed by atoms with van der Waals surface area (Å²) in [5.41, 5.74) is 7.13. The highest BCUT2D eigenvalue weighted by molar-refractivity contribution is 6.30. The van der Waals surface area contributed by atoms with Crippen LogP contribution >= 0.6 is 11.6 Å². The van der Waals surface area contributed by atoms with Crippen LogP contribution in [0.1, 0.15) is 56.0 Å². The maximum atomic E-state index is 12.4. The SMILES string of the molecule is CC(=O)c1ccc(N2CCN(CC3=C(c4ccc(Cl)cc4)CC(C)(C)CC3)CC2)cc1Oc1cnc2[nH]ccc2c1. The van der Waals surface area contributed by atoms with Gasteiger partial charge < -0.3 is 14.6 Å². The van der Waals surface area contributed by atoms with Crippen molar-refractivity contribution in [3.05, 3.63) is 88.7 Å². The number of hydrogen-bond acceptors (Lipinski definition) is 5. The van der Waals surface area contributed by atoms with Crippen LogP contribution in [0.2, 0.25) is 5.02 Å². The van der Waals surface area contributed by atoms with Crippen LogP contribution in [0.25, 0.3) is 16.6 Å². The number of ketones is 1. The lowest BCUT2D eigenvalue weighted by molar-refractivity contribution is 0.101. The molecule has 2 aliphatic rings. The molecule has 1 aliphatic carbocycles. The molecule has 1 saturated heterocycles. The lowest BCUT2D eigenvalue weighted by Crippen LogP contribution is -2.47. The summed E-state index contributed by atoms with van der Waals surface area (Å²) in [6, 6.07) is 18.2. The van der Waals surface area contributed by atoms with Crippen molar-refractivity contribution in [1.29, 1.82) is 0 Å². The van der Waals surface area contributed by atoms with E-state index in [1.165, 1.54) is 17.6 Å². The van der Waals surface area contributed by atoms with Gasteiger partial charge in [0.2, 0.25) is 0 Å². The Labute approximate surface area is 247 Å². The van der Waals surface area contributed by atoms with Crippen LogP contribution in [-0.4, -0.2) is 53.4 Å². The molecule has 41 heavy (non-hydrogen) atoms. The Kier molecular flexibility index (Phi) is 7.62. The first-order valence-corrected chi connectivity index (χ1v) is 14.8. The summed E-state index contributed by atoms with van der Waals surface area (Å²) in [5.74, 6) is 1.16. The van der Waals surface area contributed by atoms with Gasteiger partial charge in [0.1, 0.15) is 17.1 Å². The first-order chi connectivity index (χ1) is 19.7. The number of Topliss-reactive ketones (excluding diaryl/α,β-unsaturated/α-hetero) is 1. The van der Waals surface area contributed by atoms with Crippen LogP contribution in [0.3, 0.4) is 0 Å². The van der Waals surface area contributed by atoms with E-state index in [0.717, 1.165) is 67.3 Å². The molecule has 2 aromatic carbocycles. The Morgan fingerprint density at radius 3 is 2.59 bits per heavy atom. The smallest absolute Gasteiger partial charge is 0.163 e. The number of benzene rings is 2. The zero-order chi connectivity index (χ0) is 28.6.